The fourth-order valence-corrected chi connectivity index (χ4v) is 3.88. The first-order valence-electron chi connectivity index (χ1n) is 11.5. The Kier molecular flexibility index (Phi) is 6.47. The van der Waals surface area contributed by atoms with Crippen molar-refractivity contribution in [3.8, 4) is 22.6 Å². The molecule has 174 valence electrons. The maximum atomic E-state index is 12.9. The number of aromatic nitrogens is 8. The van der Waals surface area contributed by atoms with Crippen molar-refractivity contribution < 1.29 is 4.79 Å². The lowest BCUT2D eigenvalue weighted by Gasteiger charge is -2.08. The molecule has 0 radical (unpaired) electrons. The first-order chi connectivity index (χ1) is 17.2. The van der Waals surface area contributed by atoms with Crippen LogP contribution in [0.25, 0.3) is 22.6 Å². The molecule has 2 aromatic carbocycles. The lowest BCUT2D eigenvalue weighted by Crippen LogP contribution is -2.07. The highest BCUT2D eigenvalue weighted by molar-refractivity contribution is 6.06. The molecule has 0 bridgehead atoms. The van der Waals surface area contributed by atoms with Crippen molar-refractivity contribution in [3.05, 3.63) is 95.7 Å². The molecule has 0 fully saturated rings. The quantitative estimate of drug-likeness (QED) is 0.326. The van der Waals surface area contributed by atoms with E-state index >= 15 is 0 Å². The molecular weight excluding hydrogens is 440 g/mol. The number of H-pyrrole nitrogens is 1. The molecule has 0 spiro atoms. The number of rotatable bonds is 9. The fourth-order valence-electron chi connectivity index (χ4n) is 3.88. The van der Waals surface area contributed by atoms with E-state index in [1.54, 1.807) is 18.3 Å². The second-order valence-electron chi connectivity index (χ2n) is 8.15. The van der Waals surface area contributed by atoms with E-state index in [4.69, 9.17) is 0 Å². The van der Waals surface area contributed by atoms with Gasteiger partial charge >= 0.3 is 0 Å². The molecule has 9 heteroatoms. The molecule has 0 atom stereocenters. The van der Waals surface area contributed by atoms with Gasteiger partial charge in [0.05, 0.1) is 0 Å². The van der Waals surface area contributed by atoms with Gasteiger partial charge in [0.15, 0.2) is 5.82 Å². The highest BCUT2D eigenvalue weighted by Gasteiger charge is 2.18. The van der Waals surface area contributed by atoms with Crippen LogP contribution in [-0.2, 0) is 13.0 Å². The summed E-state index contributed by atoms with van der Waals surface area (Å²) in [5.74, 6) is 1.37. The van der Waals surface area contributed by atoms with Crippen LogP contribution < -0.4 is 0 Å². The second kappa shape index (κ2) is 10.2. The monoisotopic (exact) mass is 464 g/mol. The van der Waals surface area contributed by atoms with Crippen LogP contribution in [0.15, 0.2) is 72.9 Å². The van der Waals surface area contributed by atoms with Crippen molar-refractivity contribution in [1.82, 2.24) is 40.4 Å². The second-order valence-corrected chi connectivity index (χ2v) is 8.15. The highest BCUT2D eigenvalue weighted by Crippen LogP contribution is 2.28. The smallest absolute Gasteiger partial charge is 0.232 e. The molecule has 0 aliphatic carbocycles. The molecule has 0 saturated heterocycles. The van der Waals surface area contributed by atoms with Gasteiger partial charge in [-0.25, -0.2) is 14.8 Å². The summed E-state index contributed by atoms with van der Waals surface area (Å²) >= 11 is 0. The summed E-state index contributed by atoms with van der Waals surface area (Å²) in [5, 5.41) is 18.6. The lowest BCUT2D eigenvalue weighted by molar-refractivity contribution is 0.102. The minimum atomic E-state index is -0.163. The minimum Gasteiger partial charge on any atom is -0.285 e. The predicted octanol–water partition coefficient (Wildman–Crippen LogP) is 4.14. The van der Waals surface area contributed by atoms with Crippen LogP contribution in [-0.4, -0.2) is 46.2 Å². The van der Waals surface area contributed by atoms with Gasteiger partial charge in [-0.15, -0.1) is 10.2 Å². The van der Waals surface area contributed by atoms with Gasteiger partial charge in [0.25, 0.3) is 0 Å². The Morgan fingerprint density at radius 2 is 1.83 bits per heavy atom. The number of unbranched alkanes of at least 4 members (excludes halogenated alkanes) is 1. The van der Waals surface area contributed by atoms with E-state index < -0.39 is 0 Å². The topological polar surface area (TPSA) is 115 Å². The average molecular weight is 465 g/mol. The summed E-state index contributed by atoms with van der Waals surface area (Å²) in [6.07, 6.45) is 4.29. The largest absolute Gasteiger partial charge is 0.285 e. The third-order valence-corrected chi connectivity index (χ3v) is 5.72. The molecule has 35 heavy (non-hydrogen) atoms. The Morgan fingerprint density at radius 3 is 2.57 bits per heavy atom. The molecule has 9 nitrogen and oxygen atoms in total. The summed E-state index contributed by atoms with van der Waals surface area (Å²) < 4.78 is 1.86. The summed E-state index contributed by atoms with van der Waals surface area (Å²) in [6.45, 7) is 2.86. The predicted molar refractivity (Wildman–Crippen MR) is 130 cm³/mol. The van der Waals surface area contributed by atoms with Crippen molar-refractivity contribution in [2.45, 2.75) is 32.7 Å². The number of ketones is 1. The van der Waals surface area contributed by atoms with Crippen molar-refractivity contribution in [2.75, 3.05) is 0 Å². The molecule has 0 amide bonds. The molecule has 0 aliphatic rings. The molecule has 0 unspecified atom stereocenters. The zero-order valence-electron chi connectivity index (χ0n) is 19.3. The van der Waals surface area contributed by atoms with Gasteiger partial charge in [0.2, 0.25) is 11.6 Å². The SMILES string of the molecule is CCCCn1nc(C(=O)c2ccccc2)nc1Cc1ccc(-c2cccnc2-c2nnn[nH]2)cc1. The molecule has 0 saturated carbocycles. The van der Waals surface area contributed by atoms with E-state index in [0.717, 1.165) is 41.9 Å². The third-order valence-electron chi connectivity index (χ3n) is 5.72. The number of nitrogens with one attached hydrogen (secondary N) is 1. The maximum absolute atomic E-state index is 12.9. The fraction of sp³-hybridized carbons (Fsp3) is 0.192. The number of hydrogen-bond donors (Lipinski definition) is 1. The Balaban J connectivity index is 1.41. The molecule has 1 N–H and O–H groups in total. The van der Waals surface area contributed by atoms with E-state index in [2.05, 4.69) is 54.7 Å². The van der Waals surface area contributed by atoms with Crippen molar-refractivity contribution in [3.63, 3.8) is 0 Å². The first kappa shape index (κ1) is 22.3. The summed E-state index contributed by atoms with van der Waals surface area (Å²) in [5.41, 5.74) is 4.28. The Labute approximate surface area is 202 Å². The summed E-state index contributed by atoms with van der Waals surface area (Å²) in [6, 6.07) is 21.2. The summed E-state index contributed by atoms with van der Waals surface area (Å²) in [7, 11) is 0. The maximum Gasteiger partial charge on any atom is 0.232 e. The Bertz CT molecular complexity index is 1410. The number of aromatic amines is 1. The van der Waals surface area contributed by atoms with Crippen LogP contribution >= 0.6 is 0 Å². The number of carbonyl (C=O) groups excluding carboxylic acids is 1. The average Bonchev–Trinajstić information content (AvgIpc) is 3.59. The van der Waals surface area contributed by atoms with Crippen molar-refractivity contribution in [2.24, 2.45) is 0 Å². The molecule has 3 heterocycles. The molecule has 5 rings (SSSR count). The number of carbonyl (C=O) groups is 1. The van der Waals surface area contributed by atoms with Crippen LogP contribution in [0.4, 0.5) is 0 Å². The Morgan fingerprint density at radius 1 is 1.00 bits per heavy atom. The van der Waals surface area contributed by atoms with E-state index in [1.807, 2.05) is 47.1 Å². The number of hydrogen-bond acceptors (Lipinski definition) is 7. The van der Waals surface area contributed by atoms with Gasteiger partial charge < -0.3 is 0 Å². The highest BCUT2D eigenvalue weighted by atomic mass is 16.1. The Hall–Kier alpha value is -4.53. The van der Waals surface area contributed by atoms with Gasteiger partial charge in [-0.05, 0) is 34.0 Å². The molecule has 3 aromatic heterocycles. The van der Waals surface area contributed by atoms with Crippen molar-refractivity contribution in [1.29, 1.82) is 0 Å². The zero-order chi connectivity index (χ0) is 24.0. The number of aryl methyl sites for hydroxylation is 1. The van der Waals surface area contributed by atoms with E-state index in [-0.39, 0.29) is 11.6 Å². The van der Waals surface area contributed by atoms with Crippen LogP contribution in [0.1, 0.15) is 47.3 Å². The zero-order valence-corrected chi connectivity index (χ0v) is 19.3. The van der Waals surface area contributed by atoms with Crippen LogP contribution in [0.3, 0.4) is 0 Å². The minimum absolute atomic E-state index is 0.163. The van der Waals surface area contributed by atoms with Gasteiger partial charge in [0.1, 0.15) is 11.5 Å². The summed E-state index contributed by atoms with van der Waals surface area (Å²) in [4.78, 5) is 22.0. The van der Waals surface area contributed by atoms with E-state index in [9.17, 15) is 4.79 Å². The van der Waals surface area contributed by atoms with E-state index in [1.165, 1.54) is 0 Å². The number of nitrogens with zero attached hydrogens (tertiary/aromatic N) is 7. The standard InChI is InChI=1S/C26H24N8O/c1-2-3-16-34-22(28-26(31-34)24(35)20-8-5-4-6-9-20)17-18-11-13-19(14-12-18)21-10-7-15-27-23(21)25-29-32-33-30-25/h4-15H,2-3,16-17H2,1H3,(H,29,30,32,33). The normalized spacial score (nSPS) is 11.0. The van der Waals surface area contributed by atoms with Crippen LogP contribution in [0.5, 0.6) is 0 Å². The number of benzene rings is 2. The molecule has 0 aliphatic heterocycles. The van der Waals surface area contributed by atoms with E-state index in [0.29, 0.717) is 23.5 Å². The van der Waals surface area contributed by atoms with Crippen LogP contribution in [0.2, 0.25) is 0 Å². The third kappa shape index (κ3) is 4.89. The van der Waals surface area contributed by atoms with Gasteiger partial charge in [0, 0.05) is 30.3 Å². The van der Waals surface area contributed by atoms with Crippen molar-refractivity contribution >= 4 is 5.78 Å². The van der Waals surface area contributed by atoms with Crippen LogP contribution in [0, 0.1) is 0 Å². The lowest BCUT2D eigenvalue weighted by atomic mass is 10.0. The number of pyridine rings is 1. The van der Waals surface area contributed by atoms with Gasteiger partial charge in [-0.1, -0.05) is 74.0 Å². The number of tetrazole rings is 1. The molecule has 5 aromatic rings. The first-order valence-corrected chi connectivity index (χ1v) is 11.5. The van der Waals surface area contributed by atoms with Gasteiger partial charge in [-0.2, -0.15) is 0 Å². The van der Waals surface area contributed by atoms with Gasteiger partial charge in [-0.3, -0.25) is 9.78 Å². The molecular formula is C26H24N8O.